The highest BCUT2D eigenvalue weighted by molar-refractivity contribution is 6.02. The molecular weight excluding hydrogens is 524 g/mol. The van der Waals surface area contributed by atoms with Crippen LogP contribution in [0.5, 0.6) is 5.75 Å². The molecule has 0 unspecified atom stereocenters. The molecule has 10 heteroatoms. The second-order valence-electron chi connectivity index (χ2n) is 10.5. The Hall–Kier alpha value is -4.41. The number of hydrogen-bond donors (Lipinski definition) is 4. The van der Waals surface area contributed by atoms with Crippen molar-refractivity contribution in [3.05, 3.63) is 89.5 Å². The Morgan fingerprint density at radius 1 is 1.05 bits per heavy atom. The van der Waals surface area contributed by atoms with Crippen LogP contribution in [-0.2, 0) is 6.54 Å². The molecule has 0 radical (unpaired) electrons. The van der Waals surface area contributed by atoms with Crippen LogP contribution in [0.3, 0.4) is 0 Å². The number of aromatic carboxylic acids is 1. The molecule has 1 aliphatic rings. The number of aliphatic hydroxyl groups excluding tert-OH is 1. The molecule has 0 fully saturated rings. The summed E-state index contributed by atoms with van der Waals surface area (Å²) < 4.78 is 6.44. The number of fused-ring (bicyclic) bond motifs is 1. The number of benzene rings is 3. The highest BCUT2D eigenvalue weighted by Gasteiger charge is 2.33. The second-order valence-corrected chi connectivity index (χ2v) is 10.5. The number of urea groups is 1. The predicted molar refractivity (Wildman–Crippen MR) is 156 cm³/mol. The Morgan fingerprint density at radius 3 is 2.39 bits per heavy atom. The van der Waals surface area contributed by atoms with E-state index in [1.165, 1.54) is 0 Å². The molecule has 3 aromatic rings. The van der Waals surface area contributed by atoms with Crippen LogP contribution in [0, 0.1) is 5.92 Å². The quantitative estimate of drug-likeness (QED) is 0.305. The summed E-state index contributed by atoms with van der Waals surface area (Å²) in [5.41, 5.74) is 2.56. The zero-order chi connectivity index (χ0) is 29.5. The Morgan fingerprint density at radius 2 is 1.73 bits per heavy atom. The van der Waals surface area contributed by atoms with Gasteiger partial charge in [0, 0.05) is 36.9 Å². The van der Waals surface area contributed by atoms with Gasteiger partial charge in [0.05, 0.1) is 23.8 Å². The molecule has 41 heavy (non-hydrogen) atoms. The topological polar surface area (TPSA) is 131 Å². The highest BCUT2D eigenvalue weighted by atomic mass is 16.5. The molecule has 4 rings (SSSR count). The van der Waals surface area contributed by atoms with Crippen molar-refractivity contribution in [3.8, 4) is 5.75 Å². The van der Waals surface area contributed by atoms with Crippen molar-refractivity contribution in [1.29, 1.82) is 0 Å². The molecule has 3 aromatic carbocycles. The van der Waals surface area contributed by atoms with E-state index in [-0.39, 0.29) is 30.1 Å². The number of carbonyl (C=O) groups is 3. The number of hydrogen-bond acceptors (Lipinski definition) is 6. The average Bonchev–Trinajstić information content (AvgIpc) is 2.95. The number of likely N-dealkylation sites (N-methyl/N-ethyl adjacent to an activating group) is 1. The standard InChI is InChI=1S/C31H36N4O6/c1-20-16-35(21(2)19-36)29(37)26-15-25(33-31(40)32-24-7-5-4-6-8-24)13-14-27(26)41-28(20)18-34(3)17-22-9-11-23(12-10-22)30(38)39/h4-15,20-21,28,36H,16-19H2,1-3H3,(H,38,39)(H2,32,33,40)/t20-,21+,28+/m0/s1. The number of carboxylic acid groups (broad SMARTS) is 1. The minimum atomic E-state index is -0.966. The van der Waals surface area contributed by atoms with Crippen molar-refractivity contribution < 1.29 is 29.3 Å². The molecule has 1 heterocycles. The zero-order valence-corrected chi connectivity index (χ0v) is 23.4. The fourth-order valence-electron chi connectivity index (χ4n) is 4.77. The number of amides is 3. The maximum Gasteiger partial charge on any atom is 0.335 e. The normalized spacial score (nSPS) is 17.6. The molecule has 4 N–H and O–H groups in total. The molecule has 3 amide bonds. The molecule has 0 bridgehead atoms. The lowest BCUT2D eigenvalue weighted by Crippen LogP contribution is -2.49. The van der Waals surface area contributed by atoms with Gasteiger partial charge in [-0.2, -0.15) is 0 Å². The molecule has 10 nitrogen and oxygen atoms in total. The summed E-state index contributed by atoms with van der Waals surface area (Å²) in [6, 6.07) is 19.9. The van der Waals surface area contributed by atoms with Gasteiger partial charge in [-0.05, 0) is 62.0 Å². The van der Waals surface area contributed by atoms with Gasteiger partial charge in [0.15, 0.2) is 0 Å². The van der Waals surface area contributed by atoms with Gasteiger partial charge in [0.2, 0.25) is 0 Å². The number of para-hydroxylation sites is 1. The minimum Gasteiger partial charge on any atom is -0.488 e. The number of ether oxygens (including phenoxy) is 1. The van der Waals surface area contributed by atoms with E-state index >= 15 is 0 Å². The van der Waals surface area contributed by atoms with Gasteiger partial charge in [-0.25, -0.2) is 9.59 Å². The van der Waals surface area contributed by atoms with Crippen LogP contribution in [0.2, 0.25) is 0 Å². The van der Waals surface area contributed by atoms with Crippen molar-refractivity contribution in [2.45, 2.75) is 32.5 Å². The van der Waals surface area contributed by atoms with E-state index in [0.29, 0.717) is 42.3 Å². The van der Waals surface area contributed by atoms with E-state index in [1.54, 1.807) is 66.4 Å². The van der Waals surface area contributed by atoms with E-state index in [2.05, 4.69) is 15.5 Å². The molecule has 216 valence electrons. The first-order valence-electron chi connectivity index (χ1n) is 13.5. The van der Waals surface area contributed by atoms with Crippen LogP contribution in [0.1, 0.15) is 40.1 Å². The van der Waals surface area contributed by atoms with E-state index in [0.717, 1.165) is 5.56 Å². The first-order valence-corrected chi connectivity index (χ1v) is 13.5. The fourth-order valence-corrected chi connectivity index (χ4v) is 4.77. The van der Waals surface area contributed by atoms with Gasteiger partial charge in [-0.1, -0.05) is 37.3 Å². The fraction of sp³-hybridized carbons (Fsp3) is 0.323. The summed E-state index contributed by atoms with van der Waals surface area (Å²) in [5.74, 6) is -0.917. The molecule has 0 saturated heterocycles. The number of carbonyl (C=O) groups excluding carboxylic acids is 2. The molecule has 0 aliphatic carbocycles. The van der Waals surface area contributed by atoms with Gasteiger partial charge in [-0.15, -0.1) is 0 Å². The number of carboxylic acids is 1. The number of nitrogens with zero attached hydrogens (tertiary/aromatic N) is 2. The lowest BCUT2D eigenvalue weighted by atomic mass is 9.99. The van der Waals surface area contributed by atoms with Crippen LogP contribution in [0.15, 0.2) is 72.8 Å². The third kappa shape index (κ3) is 7.62. The molecule has 0 spiro atoms. The SMILES string of the molecule is C[C@H](CO)N1C[C@H](C)[C@@H](CN(C)Cc2ccc(C(=O)O)cc2)Oc2ccc(NC(=O)Nc3ccccc3)cc2C1=O. The smallest absolute Gasteiger partial charge is 0.335 e. The summed E-state index contributed by atoms with van der Waals surface area (Å²) in [6.07, 6.45) is -0.293. The van der Waals surface area contributed by atoms with Crippen LogP contribution in [0.25, 0.3) is 0 Å². The monoisotopic (exact) mass is 560 g/mol. The lowest BCUT2D eigenvalue weighted by molar-refractivity contribution is 0.0341. The Labute approximate surface area is 239 Å². The molecule has 0 aromatic heterocycles. The van der Waals surface area contributed by atoms with E-state index in [4.69, 9.17) is 9.84 Å². The Kier molecular flexibility index (Phi) is 9.59. The van der Waals surface area contributed by atoms with Crippen LogP contribution >= 0.6 is 0 Å². The first kappa shape index (κ1) is 29.6. The van der Waals surface area contributed by atoms with Crippen molar-refractivity contribution in [1.82, 2.24) is 9.80 Å². The molecule has 3 atom stereocenters. The maximum absolute atomic E-state index is 13.7. The molecule has 1 aliphatic heterocycles. The zero-order valence-electron chi connectivity index (χ0n) is 23.4. The molecular formula is C31H36N4O6. The summed E-state index contributed by atoms with van der Waals surface area (Å²) >= 11 is 0. The van der Waals surface area contributed by atoms with Crippen molar-refractivity contribution in [2.24, 2.45) is 5.92 Å². The summed E-state index contributed by atoms with van der Waals surface area (Å²) in [5, 5.41) is 24.6. The van der Waals surface area contributed by atoms with Gasteiger partial charge >= 0.3 is 12.0 Å². The number of aliphatic hydroxyl groups is 1. The Balaban J connectivity index is 1.54. The van der Waals surface area contributed by atoms with Gasteiger partial charge in [0.25, 0.3) is 5.91 Å². The van der Waals surface area contributed by atoms with Crippen LogP contribution in [0.4, 0.5) is 16.2 Å². The van der Waals surface area contributed by atoms with Gasteiger partial charge < -0.3 is 30.5 Å². The first-order chi connectivity index (χ1) is 19.6. The second kappa shape index (κ2) is 13.3. The van der Waals surface area contributed by atoms with Crippen LogP contribution < -0.4 is 15.4 Å². The van der Waals surface area contributed by atoms with Gasteiger partial charge in [0.1, 0.15) is 11.9 Å². The minimum absolute atomic E-state index is 0.0626. The maximum atomic E-state index is 13.7. The van der Waals surface area contributed by atoms with E-state index in [1.807, 2.05) is 32.2 Å². The van der Waals surface area contributed by atoms with Crippen molar-refractivity contribution in [3.63, 3.8) is 0 Å². The van der Waals surface area contributed by atoms with Crippen molar-refractivity contribution in [2.75, 3.05) is 37.4 Å². The van der Waals surface area contributed by atoms with Crippen LogP contribution in [-0.4, -0.2) is 76.8 Å². The summed E-state index contributed by atoms with van der Waals surface area (Å²) in [7, 11) is 1.96. The molecule has 0 saturated carbocycles. The van der Waals surface area contributed by atoms with Gasteiger partial charge in [-0.3, -0.25) is 9.69 Å². The third-order valence-electron chi connectivity index (χ3n) is 7.10. The number of nitrogens with one attached hydrogen (secondary N) is 2. The predicted octanol–water partition coefficient (Wildman–Crippen LogP) is 4.38. The average molecular weight is 561 g/mol. The summed E-state index contributed by atoms with van der Waals surface area (Å²) in [6.45, 7) is 5.11. The highest BCUT2D eigenvalue weighted by Crippen LogP contribution is 2.31. The largest absolute Gasteiger partial charge is 0.488 e. The van der Waals surface area contributed by atoms with E-state index < -0.39 is 18.0 Å². The number of anilines is 2. The Bertz CT molecular complexity index is 1360. The van der Waals surface area contributed by atoms with E-state index in [9.17, 15) is 19.5 Å². The lowest BCUT2D eigenvalue weighted by Gasteiger charge is -2.38. The third-order valence-corrected chi connectivity index (χ3v) is 7.10. The number of rotatable bonds is 9. The summed E-state index contributed by atoms with van der Waals surface area (Å²) in [4.78, 5) is 41.1. The van der Waals surface area contributed by atoms with Crippen molar-refractivity contribution >= 4 is 29.3 Å².